The smallest absolute Gasteiger partial charge is 0.271 e. The van der Waals surface area contributed by atoms with Gasteiger partial charge in [0.2, 0.25) is 0 Å². The molecule has 0 aromatic heterocycles. The number of non-ortho nitro benzene ring substituents is 1. The second-order valence-electron chi connectivity index (χ2n) is 4.74. The summed E-state index contributed by atoms with van der Waals surface area (Å²) in [6, 6.07) is 8.78. The highest BCUT2D eigenvalue weighted by atomic mass is 79.9. The SMILES string of the molecule is COc1cc(Br)c(/C=N\NC(=O)c2cccc([N+](=O)[O-])c2)cc1OC. The van der Waals surface area contributed by atoms with Crippen LogP contribution in [0, 0.1) is 10.1 Å². The molecule has 0 saturated heterocycles. The molecule has 8 nitrogen and oxygen atoms in total. The van der Waals surface area contributed by atoms with E-state index in [1.54, 1.807) is 12.1 Å². The van der Waals surface area contributed by atoms with Crippen molar-refractivity contribution in [3.63, 3.8) is 0 Å². The van der Waals surface area contributed by atoms with E-state index in [4.69, 9.17) is 9.47 Å². The number of amides is 1. The van der Waals surface area contributed by atoms with Gasteiger partial charge in [-0.15, -0.1) is 0 Å². The quantitative estimate of drug-likeness (QED) is 0.450. The molecule has 2 aromatic carbocycles. The number of halogens is 1. The molecule has 0 atom stereocenters. The zero-order valence-corrected chi connectivity index (χ0v) is 14.9. The van der Waals surface area contributed by atoms with Crippen molar-refractivity contribution in [2.24, 2.45) is 5.10 Å². The lowest BCUT2D eigenvalue weighted by Crippen LogP contribution is -2.17. The maximum atomic E-state index is 12.0. The fraction of sp³-hybridized carbons (Fsp3) is 0.125. The number of hydrogen-bond acceptors (Lipinski definition) is 6. The number of benzene rings is 2. The third-order valence-electron chi connectivity index (χ3n) is 3.19. The monoisotopic (exact) mass is 407 g/mol. The minimum atomic E-state index is -0.569. The van der Waals surface area contributed by atoms with E-state index in [9.17, 15) is 14.9 Å². The summed E-state index contributed by atoms with van der Waals surface area (Å²) in [7, 11) is 3.04. The Labute approximate surface area is 151 Å². The first kappa shape index (κ1) is 18.4. The summed E-state index contributed by atoms with van der Waals surface area (Å²) >= 11 is 3.37. The molecule has 1 amide bonds. The van der Waals surface area contributed by atoms with Crippen molar-refractivity contribution in [1.29, 1.82) is 0 Å². The first-order valence-electron chi connectivity index (χ1n) is 6.95. The van der Waals surface area contributed by atoms with Crippen LogP contribution in [0.4, 0.5) is 5.69 Å². The number of carbonyl (C=O) groups excluding carboxylic acids is 1. The van der Waals surface area contributed by atoms with E-state index in [1.165, 1.54) is 44.7 Å². The molecule has 2 rings (SSSR count). The summed E-state index contributed by atoms with van der Waals surface area (Å²) in [4.78, 5) is 22.2. The van der Waals surface area contributed by atoms with Crippen molar-refractivity contribution in [2.75, 3.05) is 14.2 Å². The fourth-order valence-electron chi connectivity index (χ4n) is 1.95. The summed E-state index contributed by atoms with van der Waals surface area (Å²) in [6.07, 6.45) is 1.42. The maximum Gasteiger partial charge on any atom is 0.271 e. The Kier molecular flexibility index (Phi) is 6.07. The van der Waals surface area contributed by atoms with Gasteiger partial charge < -0.3 is 9.47 Å². The first-order valence-corrected chi connectivity index (χ1v) is 7.75. The van der Waals surface area contributed by atoms with Gasteiger partial charge in [0, 0.05) is 27.7 Å². The minimum Gasteiger partial charge on any atom is -0.493 e. The van der Waals surface area contributed by atoms with E-state index in [0.29, 0.717) is 21.5 Å². The maximum absolute atomic E-state index is 12.0. The zero-order valence-electron chi connectivity index (χ0n) is 13.4. The van der Waals surface area contributed by atoms with Gasteiger partial charge in [-0.2, -0.15) is 5.10 Å². The van der Waals surface area contributed by atoms with Crippen molar-refractivity contribution >= 4 is 33.7 Å². The first-order chi connectivity index (χ1) is 12.0. The summed E-state index contributed by atoms with van der Waals surface area (Å²) in [5, 5.41) is 14.6. The Balaban J connectivity index is 2.14. The number of hydrazone groups is 1. The number of nitrogens with zero attached hydrogens (tertiary/aromatic N) is 2. The third kappa shape index (κ3) is 4.54. The minimum absolute atomic E-state index is 0.137. The van der Waals surface area contributed by atoms with Crippen LogP contribution in [0.1, 0.15) is 15.9 Å². The van der Waals surface area contributed by atoms with Gasteiger partial charge in [-0.25, -0.2) is 5.43 Å². The zero-order chi connectivity index (χ0) is 18.4. The lowest BCUT2D eigenvalue weighted by molar-refractivity contribution is -0.384. The van der Waals surface area contributed by atoms with Crippen LogP contribution >= 0.6 is 15.9 Å². The van der Waals surface area contributed by atoms with Gasteiger partial charge in [-0.3, -0.25) is 14.9 Å². The van der Waals surface area contributed by atoms with Gasteiger partial charge in [0.25, 0.3) is 11.6 Å². The van der Waals surface area contributed by atoms with E-state index in [0.717, 1.165) is 0 Å². The Morgan fingerprint density at radius 2 is 1.92 bits per heavy atom. The predicted molar refractivity (Wildman–Crippen MR) is 95.4 cm³/mol. The number of nitrogens with one attached hydrogen (secondary N) is 1. The second kappa shape index (κ2) is 8.25. The molecule has 0 saturated carbocycles. The van der Waals surface area contributed by atoms with Crippen molar-refractivity contribution in [3.05, 3.63) is 62.1 Å². The van der Waals surface area contributed by atoms with Crippen molar-refractivity contribution in [2.45, 2.75) is 0 Å². The molecule has 25 heavy (non-hydrogen) atoms. The van der Waals surface area contributed by atoms with Crippen LogP contribution in [-0.2, 0) is 0 Å². The molecule has 0 aliphatic carbocycles. The van der Waals surface area contributed by atoms with Crippen LogP contribution in [0.2, 0.25) is 0 Å². The summed E-state index contributed by atoms with van der Waals surface area (Å²) in [5.74, 6) is 0.501. The molecule has 0 aliphatic heterocycles. The molecule has 1 N–H and O–H groups in total. The van der Waals surface area contributed by atoms with Crippen molar-refractivity contribution < 1.29 is 19.2 Å². The van der Waals surface area contributed by atoms with Crippen LogP contribution in [0.15, 0.2) is 46.0 Å². The Bertz CT molecular complexity index is 839. The number of nitro groups is 1. The Morgan fingerprint density at radius 1 is 1.24 bits per heavy atom. The van der Waals surface area contributed by atoms with Crippen LogP contribution < -0.4 is 14.9 Å². The highest BCUT2D eigenvalue weighted by Crippen LogP contribution is 2.32. The Morgan fingerprint density at radius 3 is 2.56 bits per heavy atom. The van der Waals surface area contributed by atoms with E-state index in [1.807, 2.05) is 0 Å². The van der Waals surface area contributed by atoms with E-state index in [-0.39, 0.29) is 11.3 Å². The van der Waals surface area contributed by atoms with Crippen molar-refractivity contribution in [1.82, 2.24) is 5.43 Å². The van der Waals surface area contributed by atoms with Crippen LogP contribution in [0.25, 0.3) is 0 Å². The summed E-state index contributed by atoms with van der Waals surface area (Å²) < 4.78 is 11.1. The van der Waals surface area contributed by atoms with Gasteiger partial charge in [0.15, 0.2) is 11.5 Å². The van der Waals surface area contributed by atoms with Gasteiger partial charge in [-0.1, -0.05) is 6.07 Å². The van der Waals surface area contributed by atoms with Gasteiger partial charge >= 0.3 is 0 Å². The number of nitro benzene ring substituents is 1. The molecular formula is C16H14BrN3O5. The highest BCUT2D eigenvalue weighted by Gasteiger charge is 2.11. The molecule has 0 spiro atoms. The average Bonchev–Trinajstić information content (AvgIpc) is 2.62. The number of carbonyl (C=O) groups is 1. The predicted octanol–water partition coefficient (Wildman–Crippen LogP) is 3.14. The van der Waals surface area contributed by atoms with Gasteiger partial charge in [0.05, 0.1) is 25.4 Å². The van der Waals surface area contributed by atoms with E-state index >= 15 is 0 Å². The van der Waals surface area contributed by atoms with Crippen LogP contribution in [0.3, 0.4) is 0 Å². The lowest BCUT2D eigenvalue weighted by atomic mass is 10.2. The summed E-state index contributed by atoms with van der Waals surface area (Å²) in [6.45, 7) is 0. The number of hydrogen-bond donors (Lipinski definition) is 1. The van der Waals surface area contributed by atoms with E-state index < -0.39 is 10.8 Å². The molecule has 9 heteroatoms. The van der Waals surface area contributed by atoms with E-state index in [2.05, 4.69) is 26.5 Å². The fourth-order valence-corrected chi connectivity index (χ4v) is 2.38. The average molecular weight is 408 g/mol. The lowest BCUT2D eigenvalue weighted by Gasteiger charge is -2.09. The highest BCUT2D eigenvalue weighted by molar-refractivity contribution is 9.10. The molecule has 0 unspecified atom stereocenters. The number of methoxy groups -OCH3 is 2. The molecular weight excluding hydrogens is 394 g/mol. The molecule has 130 valence electrons. The topological polar surface area (TPSA) is 103 Å². The Hall–Kier alpha value is -2.94. The van der Waals surface area contributed by atoms with Crippen LogP contribution in [-0.4, -0.2) is 31.3 Å². The number of ether oxygens (including phenoxy) is 2. The molecule has 0 radical (unpaired) electrons. The summed E-state index contributed by atoms with van der Waals surface area (Å²) in [5.41, 5.74) is 2.94. The molecule has 0 heterocycles. The van der Waals surface area contributed by atoms with Gasteiger partial charge in [-0.05, 0) is 34.1 Å². The second-order valence-corrected chi connectivity index (χ2v) is 5.59. The molecule has 0 bridgehead atoms. The third-order valence-corrected chi connectivity index (χ3v) is 3.88. The van der Waals surface area contributed by atoms with Crippen molar-refractivity contribution in [3.8, 4) is 11.5 Å². The molecule has 0 aliphatic rings. The number of rotatable bonds is 6. The van der Waals surface area contributed by atoms with Gasteiger partial charge in [0.1, 0.15) is 0 Å². The molecule has 0 fully saturated rings. The normalized spacial score (nSPS) is 10.5. The largest absolute Gasteiger partial charge is 0.493 e. The van der Waals surface area contributed by atoms with Crippen LogP contribution in [0.5, 0.6) is 11.5 Å². The molecule has 2 aromatic rings. The standard InChI is InChI=1S/C16H14BrN3O5/c1-24-14-7-11(13(17)8-15(14)25-2)9-18-19-16(21)10-4-3-5-12(6-10)20(22)23/h3-9H,1-2H3,(H,19,21)/b18-9-.